The van der Waals surface area contributed by atoms with Gasteiger partial charge in [-0.2, -0.15) is 0 Å². The minimum Gasteiger partial charge on any atom is -0.480 e. The Balaban J connectivity index is 4.03. The molecule has 0 aliphatic rings. The summed E-state index contributed by atoms with van der Waals surface area (Å²) >= 11 is 0. The monoisotopic (exact) mass is 215 g/mol. The van der Waals surface area contributed by atoms with Crippen LogP contribution in [0.25, 0.3) is 0 Å². The van der Waals surface area contributed by atoms with Crippen molar-refractivity contribution in [2.24, 2.45) is 5.92 Å². The zero-order chi connectivity index (χ0) is 12.1. The van der Waals surface area contributed by atoms with Crippen LogP contribution in [0.2, 0.25) is 0 Å². The van der Waals surface area contributed by atoms with Gasteiger partial charge in [-0.15, -0.1) is 0 Å². The maximum absolute atomic E-state index is 11.0. The van der Waals surface area contributed by atoms with Gasteiger partial charge in [0.25, 0.3) is 0 Å². The van der Waals surface area contributed by atoms with Crippen LogP contribution in [0.4, 0.5) is 0 Å². The molecule has 0 aromatic carbocycles. The van der Waals surface area contributed by atoms with Crippen LogP contribution in [0.1, 0.15) is 40.5 Å². The van der Waals surface area contributed by atoms with Crippen LogP contribution in [-0.2, 0) is 9.59 Å². The Hall–Kier alpha value is -0.900. The molecule has 0 aliphatic carbocycles. The highest BCUT2D eigenvalue weighted by Gasteiger charge is 2.30. The largest absolute Gasteiger partial charge is 0.480 e. The Kier molecular flexibility index (Phi) is 5.50. The quantitative estimate of drug-likeness (QED) is 0.674. The third-order valence-corrected chi connectivity index (χ3v) is 2.97. The van der Waals surface area contributed by atoms with Crippen LogP contribution >= 0.6 is 0 Å². The molecule has 0 fully saturated rings. The van der Waals surface area contributed by atoms with E-state index < -0.39 is 11.5 Å². The zero-order valence-corrected chi connectivity index (χ0v) is 9.96. The Morgan fingerprint density at radius 3 is 2.33 bits per heavy atom. The molecule has 0 spiro atoms. The van der Waals surface area contributed by atoms with Crippen molar-refractivity contribution in [3.63, 3.8) is 0 Å². The average molecular weight is 215 g/mol. The van der Waals surface area contributed by atoms with Crippen molar-refractivity contribution in [2.75, 3.05) is 6.54 Å². The number of Topliss-reactive ketones (excluding diaryl/α,β-unsaturated/α-hetero) is 1. The standard InChI is InChI=1S/C11H21NO3/c1-5-11(4,10(14)15)12-7-6-8(2)9(3)13/h8,12H,5-7H2,1-4H3,(H,14,15). The summed E-state index contributed by atoms with van der Waals surface area (Å²) in [6, 6.07) is 0. The lowest BCUT2D eigenvalue weighted by Gasteiger charge is -2.25. The van der Waals surface area contributed by atoms with E-state index in [4.69, 9.17) is 5.11 Å². The summed E-state index contributed by atoms with van der Waals surface area (Å²) in [5.74, 6) is -0.710. The molecule has 0 saturated heterocycles. The molecular weight excluding hydrogens is 194 g/mol. The van der Waals surface area contributed by atoms with E-state index in [1.807, 2.05) is 13.8 Å². The molecule has 0 amide bonds. The molecule has 0 aromatic rings. The summed E-state index contributed by atoms with van der Waals surface area (Å²) < 4.78 is 0. The van der Waals surface area contributed by atoms with Crippen molar-refractivity contribution < 1.29 is 14.7 Å². The Morgan fingerprint density at radius 2 is 2.00 bits per heavy atom. The summed E-state index contributed by atoms with van der Waals surface area (Å²) in [4.78, 5) is 21.9. The molecule has 2 atom stereocenters. The number of carboxylic acids is 1. The summed E-state index contributed by atoms with van der Waals surface area (Å²) in [5.41, 5.74) is -0.878. The summed E-state index contributed by atoms with van der Waals surface area (Å²) in [7, 11) is 0. The van der Waals surface area contributed by atoms with E-state index in [1.165, 1.54) is 0 Å². The number of nitrogens with one attached hydrogen (secondary N) is 1. The summed E-state index contributed by atoms with van der Waals surface area (Å²) in [5, 5.41) is 12.0. The lowest BCUT2D eigenvalue weighted by Crippen LogP contribution is -2.49. The Bertz CT molecular complexity index is 240. The van der Waals surface area contributed by atoms with Gasteiger partial charge in [0.15, 0.2) is 0 Å². The van der Waals surface area contributed by atoms with Crippen LogP contribution in [0.5, 0.6) is 0 Å². The number of rotatable bonds is 7. The third kappa shape index (κ3) is 4.42. The predicted octanol–water partition coefficient (Wildman–Crippen LogP) is 1.44. The maximum atomic E-state index is 11.0. The molecule has 4 nitrogen and oxygen atoms in total. The fourth-order valence-electron chi connectivity index (χ4n) is 1.12. The second kappa shape index (κ2) is 5.85. The van der Waals surface area contributed by atoms with E-state index >= 15 is 0 Å². The molecule has 0 saturated carbocycles. The molecule has 88 valence electrons. The number of hydrogen-bond acceptors (Lipinski definition) is 3. The summed E-state index contributed by atoms with van der Waals surface area (Å²) in [6.07, 6.45) is 1.20. The van der Waals surface area contributed by atoms with Gasteiger partial charge in [0.05, 0.1) is 0 Å². The van der Waals surface area contributed by atoms with Crippen LogP contribution in [0.3, 0.4) is 0 Å². The number of carbonyl (C=O) groups excluding carboxylic acids is 1. The smallest absolute Gasteiger partial charge is 0.323 e. The topological polar surface area (TPSA) is 66.4 Å². The normalized spacial score (nSPS) is 16.8. The van der Waals surface area contributed by atoms with E-state index in [1.54, 1.807) is 13.8 Å². The number of carboxylic acid groups (broad SMARTS) is 1. The minimum atomic E-state index is -0.878. The van der Waals surface area contributed by atoms with Crippen molar-refractivity contribution in [3.05, 3.63) is 0 Å². The average Bonchev–Trinajstić information content (AvgIpc) is 2.16. The molecule has 0 radical (unpaired) electrons. The fourth-order valence-corrected chi connectivity index (χ4v) is 1.12. The molecule has 0 rings (SSSR count). The van der Waals surface area contributed by atoms with Crippen LogP contribution < -0.4 is 5.32 Å². The lowest BCUT2D eigenvalue weighted by atomic mass is 9.97. The van der Waals surface area contributed by atoms with Gasteiger partial charge in [-0.05, 0) is 33.2 Å². The number of ketones is 1. The predicted molar refractivity (Wildman–Crippen MR) is 58.8 cm³/mol. The number of carbonyl (C=O) groups is 2. The molecule has 0 aliphatic heterocycles. The van der Waals surface area contributed by atoms with E-state index in [9.17, 15) is 9.59 Å². The molecule has 15 heavy (non-hydrogen) atoms. The van der Waals surface area contributed by atoms with E-state index in [0.717, 1.165) is 0 Å². The first-order valence-corrected chi connectivity index (χ1v) is 5.32. The highest BCUT2D eigenvalue weighted by atomic mass is 16.4. The highest BCUT2D eigenvalue weighted by Crippen LogP contribution is 2.10. The van der Waals surface area contributed by atoms with Gasteiger partial charge in [0.2, 0.25) is 0 Å². The second-order valence-corrected chi connectivity index (χ2v) is 4.22. The van der Waals surface area contributed by atoms with Gasteiger partial charge in [-0.1, -0.05) is 13.8 Å². The number of hydrogen-bond donors (Lipinski definition) is 2. The van der Waals surface area contributed by atoms with Crippen molar-refractivity contribution in [1.82, 2.24) is 5.32 Å². The van der Waals surface area contributed by atoms with E-state index in [2.05, 4.69) is 5.32 Å². The minimum absolute atomic E-state index is 0.00704. The third-order valence-electron chi connectivity index (χ3n) is 2.97. The maximum Gasteiger partial charge on any atom is 0.323 e. The zero-order valence-electron chi connectivity index (χ0n) is 9.96. The molecule has 0 bridgehead atoms. The first-order chi connectivity index (χ1) is 6.83. The van der Waals surface area contributed by atoms with Crippen molar-refractivity contribution >= 4 is 11.8 Å². The van der Waals surface area contributed by atoms with Gasteiger partial charge < -0.3 is 10.4 Å². The molecular formula is C11H21NO3. The van der Waals surface area contributed by atoms with Crippen molar-refractivity contribution in [2.45, 2.75) is 46.1 Å². The fraction of sp³-hybridized carbons (Fsp3) is 0.818. The highest BCUT2D eigenvalue weighted by molar-refractivity contribution is 5.78. The van der Waals surface area contributed by atoms with Crippen LogP contribution in [0, 0.1) is 5.92 Å². The molecule has 2 unspecified atom stereocenters. The Morgan fingerprint density at radius 1 is 1.47 bits per heavy atom. The van der Waals surface area contributed by atoms with E-state index in [-0.39, 0.29) is 11.7 Å². The molecule has 0 heterocycles. The van der Waals surface area contributed by atoms with E-state index in [0.29, 0.717) is 19.4 Å². The second-order valence-electron chi connectivity index (χ2n) is 4.22. The number of aliphatic carboxylic acids is 1. The Labute approximate surface area is 91.1 Å². The van der Waals surface area contributed by atoms with Crippen molar-refractivity contribution in [3.8, 4) is 0 Å². The first-order valence-electron chi connectivity index (χ1n) is 5.32. The SMILES string of the molecule is CCC(C)(NCCC(C)C(C)=O)C(=O)O. The first kappa shape index (κ1) is 14.1. The van der Waals surface area contributed by atoms with Crippen LogP contribution in [0.15, 0.2) is 0 Å². The van der Waals surface area contributed by atoms with Crippen molar-refractivity contribution in [1.29, 1.82) is 0 Å². The lowest BCUT2D eigenvalue weighted by molar-refractivity contribution is -0.144. The van der Waals surface area contributed by atoms with Gasteiger partial charge in [0.1, 0.15) is 11.3 Å². The van der Waals surface area contributed by atoms with Crippen LogP contribution in [-0.4, -0.2) is 28.9 Å². The van der Waals surface area contributed by atoms with Gasteiger partial charge in [0, 0.05) is 5.92 Å². The van der Waals surface area contributed by atoms with Gasteiger partial charge in [-0.3, -0.25) is 9.59 Å². The molecule has 0 aromatic heterocycles. The molecule has 4 heteroatoms. The summed E-state index contributed by atoms with van der Waals surface area (Å²) in [6.45, 7) is 7.45. The molecule has 2 N–H and O–H groups in total. The van der Waals surface area contributed by atoms with Gasteiger partial charge in [-0.25, -0.2) is 0 Å². The van der Waals surface area contributed by atoms with Gasteiger partial charge >= 0.3 is 5.97 Å².